The predicted molar refractivity (Wildman–Crippen MR) is 210 cm³/mol. The Bertz CT molecular complexity index is 3000. The number of hydrogen-bond donors (Lipinski definition) is 0. The number of aromatic nitrogens is 3. The molecule has 0 radical (unpaired) electrons. The van der Waals surface area contributed by atoms with Crippen LogP contribution < -0.4 is 14.3 Å². The zero-order valence-corrected chi connectivity index (χ0v) is 30.5. The quantitative estimate of drug-likeness (QED) is 0.132. The summed E-state index contributed by atoms with van der Waals surface area (Å²) in [7, 11) is -1.73. The van der Waals surface area contributed by atoms with Crippen molar-refractivity contribution in [3.8, 4) is 28.3 Å². The van der Waals surface area contributed by atoms with E-state index >= 15 is 0 Å². The summed E-state index contributed by atoms with van der Waals surface area (Å²) >= 11 is 0. The molecule has 244 valence electrons. The van der Waals surface area contributed by atoms with E-state index in [0.717, 1.165) is 39.0 Å². The molecule has 11 rings (SSSR count). The second kappa shape index (κ2) is 9.71. The average Bonchev–Trinajstić information content (AvgIpc) is 3.83. The largest absolute Gasteiger partial charge is 0.455 e. The summed E-state index contributed by atoms with van der Waals surface area (Å²) in [6.07, 6.45) is 2.52. The van der Waals surface area contributed by atoms with Crippen LogP contribution in [0, 0.1) is 13.8 Å². The van der Waals surface area contributed by atoms with E-state index in [9.17, 15) is 0 Å². The second-order valence-corrected chi connectivity index (χ2v) is 20.6. The Morgan fingerprint density at radius 1 is 0.686 bits per heavy atom. The monoisotopic (exact) mass is 675 g/mol. The Kier molecular flexibility index (Phi) is 5.52. The number of imidazole rings is 1. The maximum absolute atomic E-state index is 6.98. The number of rotatable bonds is 2. The maximum Gasteiger partial charge on any atom is 0.364 e. The van der Waals surface area contributed by atoms with Crippen molar-refractivity contribution in [2.24, 2.45) is 0 Å². The van der Waals surface area contributed by atoms with E-state index in [1.54, 1.807) is 0 Å². The summed E-state index contributed by atoms with van der Waals surface area (Å²) in [4.78, 5) is 0. The standard InChI is InChI=1S/C46H37N3OSi/c1-28-18-21-35-37(24-28)46(47-27-42(51(3,4)5)29(2)25-40(35)47)36-23-22-34-33-14-8-11-17-41(33)50-44(34)43(36)45-48(38-15-9-10-16-39(38)49(45)46)32-20-19-30-12-6-7-13-31(30)26-32/h6-27H,1-5H3/q+2. The molecule has 5 heteroatoms. The number of para-hydroxylation sites is 3. The van der Waals surface area contributed by atoms with Gasteiger partial charge in [0.2, 0.25) is 5.69 Å². The van der Waals surface area contributed by atoms with Gasteiger partial charge in [-0.3, -0.25) is 0 Å². The SMILES string of the molecule is Cc1ccc2c(c1)C1(c3ccc4c(oc5ccccc54)c3-c3n(-c4ccc5ccccc5c4)c4ccccc4[n+]31)[n+]1cc([Si](C)(C)C)c(C)cc1-2. The van der Waals surface area contributed by atoms with Crippen LogP contribution >= 0.6 is 0 Å². The predicted octanol–water partition coefficient (Wildman–Crippen LogP) is 9.68. The highest BCUT2D eigenvalue weighted by atomic mass is 28.3. The van der Waals surface area contributed by atoms with E-state index in [1.165, 1.54) is 60.5 Å². The van der Waals surface area contributed by atoms with Crippen LogP contribution in [0.25, 0.3) is 72.1 Å². The molecular weight excluding hydrogens is 639 g/mol. The van der Waals surface area contributed by atoms with Crippen molar-refractivity contribution in [1.29, 1.82) is 0 Å². The van der Waals surface area contributed by atoms with Gasteiger partial charge in [-0.1, -0.05) is 91.9 Å². The van der Waals surface area contributed by atoms with Gasteiger partial charge in [-0.15, -0.1) is 9.13 Å². The second-order valence-electron chi connectivity index (χ2n) is 15.6. The lowest BCUT2D eigenvalue weighted by Crippen LogP contribution is -2.72. The highest BCUT2D eigenvalue weighted by Crippen LogP contribution is 2.52. The first kappa shape index (κ1) is 29.0. The lowest BCUT2D eigenvalue weighted by atomic mass is 9.88. The molecule has 51 heavy (non-hydrogen) atoms. The molecule has 0 saturated heterocycles. The molecule has 0 N–H and O–H groups in total. The molecule has 0 saturated carbocycles. The fourth-order valence-electron chi connectivity index (χ4n) is 9.44. The Balaban J connectivity index is 1.40. The minimum atomic E-state index is -1.73. The highest BCUT2D eigenvalue weighted by Gasteiger charge is 2.67. The van der Waals surface area contributed by atoms with Gasteiger partial charge >= 0.3 is 11.5 Å². The first-order chi connectivity index (χ1) is 24.7. The number of pyridine rings is 1. The third-order valence-electron chi connectivity index (χ3n) is 11.5. The Morgan fingerprint density at radius 2 is 1.47 bits per heavy atom. The van der Waals surface area contributed by atoms with Crippen molar-refractivity contribution >= 4 is 57.0 Å². The fraction of sp³-hybridized carbons (Fsp3) is 0.130. The fourth-order valence-corrected chi connectivity index (χ4v) is 11.2. The summed E-state index contributed by atoms with van der Waals surface area (Å²) in [6, 6.07) is 47.1. The van der Waals surface area contributed by atoms with Gasteiger partial charge in [0.25, 0.3) is 0 Å². The average molecular weight is 676 g/mol. The van der Waals surface area contributed by atoms with Crippen LogP contribution in [-0.4, -0.2) is 12.6 Å². The van der Waals surface area contributed by atoms with Crippen LogP contribution in [0.3, 0.4) is 0 Å². The Hall–Kier alpha value is -5.78. The van der Waals surface area contributed by atoms with Crippen molar-refractivity contribution in [3.63, 3.8) is 0 Å². The summed E-state index contributed by atoms with van der Waals surface area (Å²) in [5.41, 5.74) is 13.5. The van der Waals surface area contributed by atoms with Crippen molar-refractivity contribution in [1.82, 2.24) is 4.57 Å². The van der Waals surface area contributed by atoms with Gasteiger partial charge < -0.3 is 4.42 Å². The lowest BCUT2D eigenvalue weighted by molar-refractivity contribution is -0.944. The molecule has 1 spiro atoms. The number of nitrogens with zero attached hydrogens (tertiary/aromatic N) is 3. The van der Waals surface area contributed by atoms with Crippen LogP contribution in [0.1, 0.15) is 22.3 Å². The lowest BCUT2D eigenvalue weighted by Gasteiger charge is -2.23. The molecular formula is C46H37N3OSi+2. The van der Waals surface area contributed by atoms with Gasteiger partial charge in [-0.05, 0) is 84.8 Å². The van der Waals surface area contributed by atoms with Crippen molar-refractivity contribution in [2.45, 2.75) is 39.2 Å². The van der Waals surface area contributed by atoms with Crippen LogP contribution in [0.4, 0.5) is 0 Å². The van der Waals surface area contributed by atoms with E-state index in [1.807, 2.05) is 0 Å². The van der Waals surface area contributed by atoms with Gasteiger partial charge in [0.15, 0.2) is 22.8 Å². The van der Waals surface area contributed by atoms with Crippen LogP contribution in [-0.2, 0) is 5.66 Å². The third kappa shape index (κ3) is 3.59. The number of hydrogen-bond acceptors (Lipinski definition) is 1. The molecule has 1 unspecified atom stereocenters. The summed E-state index contributed by atoms with van der Waals surface area (Å²) < 4.78 is 14.7. The van der Waals surface area contributed by atoms with Crippen LogP contribution in [0.15, 0.2) is 138 Å². The number of benzene rings is 6. The molecule has 3 aromatic heterocycles. The van der Waals surface area contributed by atoms with E-state index in [4.69, 9.17) is 4.42 Å². The first-order valence-electron chi connectivity index (χ1n) is 17.9. The molecule has 6 aromatic carbocycles. The third-order valence-corrected chi connectivity index (χ3v) is 13.7. The molecule has 0 fully saturated rings. The number of aryl methyl sites for hydroxylation is 2. The molecule has 0 aliphatic carbocycles. The zero-order chi connectivity index (χ0) is 34.4. The van der Waals surface area contributed by atoms with E-state index in [0.29, 0.717) is 0 Å². The summed E-state index contributed by atoms with van der Waals surface area (Å²) in [5.74, 6) is 1.13. The van der Waals surface area contributed by atoms with Gasteiger partial charge in [-0.25, -0.2) is 0 Å². The van der Waals surface area contributed by atoms with Crippen molar-refractivity contribution < 1.29 is 13.6 Å². The molecule has 9 aromatic rings. The smallest absolute Gasteiger partial charge is 0.364 e. The van der Waals surface area contributed by atoms with E-state index in [-0.39, 0.29) is 0 Å². The van der Waals surface area contributed by atoms with Crippen molar-refractivity contribution in [2.75, 3.05) is 0 Å². The van der Waals surface area contributed by atoms with Gasteiger partial charge in [-0.2, -0.15) is 4.57 Å². The topological polar surface area (TPSA) is 25.8 Å². The minimum absolute atomic E-state index is 0.682. The molecule has 2 aliphatic rings. The van der Waals surface area contributed by atoms with Crippen molar-refractivity contribution in [3.05, 3.63) is 156 Å². The number of fused-ring (bicyclic) bond motifs is 17. The van der Waals surface area contributed by atoms with E-state index < -0.39 is 13.7 Å². The normalized spacial score (nSPS) is 16.0. The molecule has 1 atom stereocenters. The highest BCUT2D eigenvalue weighted by molar-refractivity contribution is 6.88. The van der Waals surface area contributed by atoms with Crippen LogP contribution in [0.2, 0.25) is 19.6 Å². The van der Waals surface area contributed by atoms with Gasteiger partial charge in [0.1, 0.15) is 16.8 Å². The molecule has 2 aliphatic heterocycles. The summed E-state index contributed by atoms with van der Waals surface area (Å²) in [6.45, 7) is 11.9. The zero-order valence-electron chi connectivity index (χ0n) is 29.5. The molecule has 0 amide bonds. The number of furan rings is 1. The Morgan fingerprint density at radius 3 is 2.33 bits per heavy atom. The molecule has 5 heterocycles. The molecule has 4 nitrogen and oxygen atoms in total. The molecule has 0 bridgehead atoms. The minimum Gasteiger partial charge on any atom is -0.455 e. The van der Waals surface area contributed by atoms with Gasteiger partial charge in [0, 0.05) is 22.0 Å². The van der Waals surface area contributed by atoms with E-state index in [2.05, 4.69) is 181 Å². The summed E-state index contributed by atoms with van der Waals surface area (Å²) in [5, 5.41) is 6.22. The first-order valence-corrected chi connectivity index (χ1v) is 21.4. The maximum atomic E-state index is 6.98. The Labute approximate surface area is 297 Å². The van der Waals surface area contributed by atoms with Gasteiger partial charge in [0.05, 0.1) is 24.8 Å². The van der Waals surface area contributed by atoms with Crippen LogP contribution in [0.5, 0.6) is 0 Å².